The lowest BCUT2D eigenvalue weighted by molar-refractivity contribution is 0.0893. The van der Waals surface area contributed by atoms with E-state index in [0.717, 1.165) is 31.8 Å². The second kappa shape index (κ2) is 7.27. The molecule has 2 heterocycles. The molecular formula is C17H28N4O. The third-order valence-corrected chi connectivity index (χ3v) is 5.21. The maximum atomic E-state index is 12.2. The molecule has 122 valence electrons. The molecule has 1 saturated carbocycles. The molecule has 1 amide bonds. The van der Waals surface area contributed by atoms with E-state index in [1.165, 1.54) is 38.6 Å². The van der Waals surface area contributed by atoms with E-state index in [2.05, 4.69) is 15.2 Å². The second-order valence-electron chi connectivity index (χ2n) is 6.94. The van der Waals surface area contributed by atoms with Gasteiger partial charge in [0, 0.05) is 32.7 Å². The summed E-state index contributed by atoms with van der Waals surface area (Å²) in [6.45, 7) is 3.50. The summed E-state index contributed by atoms with van der Waals surface area (Å²) >= 11 is 0. The van der Waals surface area contributed by atoms with Crippen molar-refractivity contribution in [1.29, 1.82) is 0 Å². The number of nitrogens with one attached hydrogen (secondary N) is 1. The molecular weight excluding hydrogens is 276 g/mol. The zero-order valence-electron chi connectivity index (χ0n) is 13.6. The van der Waals surface area contributed by atoms with Crippen molar-refractivity contribution in [1.82, 2.24) is 19.8 Å². The number of imidazole rings is 1. The minimum Gasteiger partial charge on any atom is -0.348 e. The number of nitrogens with zero attached hydrogens (tertiary/aromatic N) is 3. The van der Waals surface area contributed by atoms with Crippen LogP contribution < -0.4 is 5.32 Å². The Balaban J connectivity index is 1.41. The van der Waals surface area contributed by atoms with Crippen molar-refractivity contribution < 1.29 is 4.79 Å². The summed E-state index contributed by atoms with van der Waals surface area (Å²) in [5, 5.41) is 3.16. The van der Waals surface area contributed by atoms with Gasteiger partial charge in [0.05, 0.1) is 12.5 Å². The van der Waals surface area contributed by atoms with Gasteiger partial charge in [-0.3, -0.25) is 4.79 Å². The molecule has 5 heteroatoms. The van der Waals surface area contributed by atoms with Crippen LogP contribution in [0.2, 0.25) is 0 Å². The highest BCUT2D eigenvalue weighted by Crippen LogP contribution is 2.25. The Labute approximate surface area is 133 Å². The van der Waals surface area contributed by atoms with E-state index in [0.29, 0.717) is 11.7 Å². The van der Waals surface area contributed by atoms with Gasteiger partial charge < -0.3 is 14.8 Å². The first-order chi connectivity index (χ1) is 10.7. The van der Waals surface area contributed by atoms with Crippen LogP contribution in [0.1, 0.15) is 55.4 Å². The second-order valence-corrected chi connectivity index (χ2v) is 6.94. The van der Waals surface area contributed by atoms with Crippen molar-refractivity contribution in [3.63, 3.8) is 0 Å². The maximum absolute atomic E-state index is 12.2. The highest BCUT2D eigenvalue weighted by molar-refractivity contribution is 5.92. The third-order valence-electron chi connectivity index (χ3n) is 5.21. The molecule has 1 aromatic heterocycles. The van der Waals surface area contributed by atoms with E-state index in [9.17, 15) is 4.79 Å². The topological polar surface area (TPSA) is 50.2 Å². The molecule has 2 aliphatic rings. The number of amides is 1. The van der Waals surface area contributed by atoms with E-state index >= 15 is 0 Å². The Kier molecular flexibility index (Phi) is 5.13. The lowest BCUT2D eigenvalue weighted by Gasteiger charge is -2.35. The zero-order valence-corrected chi connectivity index (χ0v) is 13.6. The Hall–Kier alpha value is -1.36. The van der Waals surface area contributed by atoms with Gasteiger partial charge >= 0.3 is 0 Å². The van der Waals surface area contributed by atoms with Gasteiger partial charge in [0.1, 0.15) is 5.69 Å². The lowest BCUT2D eigenvalue weighted by atomic mass is 9.88. The summed E-state index contributed by atoms with van der Waals surface area (Å²) in [7, 11) is 1.86. The molecule has 0 spiro atoms. The minimum absolute atomic E-state index is 0.00531. The predicted octanol–water partition coefficient (Wildman–Crippen LogP) is 2.19. The van der Waals surface area contributed by atoms with Crippen LogP contribution in [0.4, 0.5) is 0 Å². The van der Waals surface area contributed by atoms with Gasteiger partial charge in [0.25, 0.3) is 5.91 Å². The first-order valence-corrected chi connectivity index (χ1v) is 8.72. The van der Waals surface area contributed by atoms with E-state index in [4.69, 9.17) is 0 Å². The summed E-state index contributed by atoms with van der Waals surface area (Å²) in [4.78, 5) is 18.8. The van der Waals surface area contributed by atoms with E-state index in [1.54, 1.807) is 17.1 Å². The number of piperidine rings is 1. The molecule has 1 aliphatic carbocycles. The molecule has 5 nitrogen and oxygen atoms in total. The molecule has 0 radical (unpaired) electrons. The van der Waals surface area contributed by atoms with Gasteiger partial charge in [0.2, 0.25) is 0 Å². The SMILES string of the molecule is Cn1cncc1C(=O)NC1CCN(CC2CCCCC2)CC1. The zero-order chi connectivity index (χ0) is 15.4. The van der Waals surface area contributed by atoms with Crippen LogP contribution in [-0.2, 0) is 7.05 Å². The summed E-state index contributed by atoms with van der Waals surface area (Å²) in [6.07, 6.45) is 12.5. The largest absolute Gasteiger partial charge is 0.348 e. The number of aromatic nitrogens is 2. The van der Waals surface area contributed by atoms with E-state index < -0.39 is 0 Å². The lowest BCUT2D eigenvalue weighted by Crippen LogP contribution is -2.46. The summed E-state index contributed by atoms with van der Waals surface area (Å²) < 4.78 is 1.77. The number of rotatable bonds is 4. The van der Waals surface area contributed by atoms with Crippen molar-refractivity contribution in [2.45, 2.75) is 51.0 Å². The number of hydrogen-bond donors (Lipinski definition) is 1. The molecule has 0 bridgehead atoms. The van der Waals surface area contributed by atoms with Gasteiger partial charge in [-0.05, 0) is 31.6 Å². The van der Waals surface area contributed by atoms with Gasteiger partial charge in [0.15, 0.2) is 0 Å². The first-order valence-electron chi connectivity index (χ1n) is 8.72. The van der Waals surface area contributed by atoms with Gasteiger partial charge in [-0.15, -0.1) is 0 Å². The molecule has 1 saturated heterocycles. The van der Waals surface area contributed by atoms with Crippen molar-refractivity contribution in [3.8, 4) is 0 Å². The van der Waals surface area contributed by atoms with E-state index in [-0.39, 0.29) is 5.91 Å². The molecule has 0 atom stereocenters. The van der Waals surface area contributed by atoms with Gasteiger partial charge in [-0.2, -0.15) is 0 Å². The highest BCUT2D eigenvalue weighted by Gasteiger charge is 2.24. The fourth-order valence-electron chi connectivity index (χ4n) is 3.83. The van der Waals surface area contributed by atoms with Crippen LogP contribution in [-0.4, -0.2) is 46.0 Å². The quantitative estimate of drug-likeness (QED) is 0.928. The van der Waals surface area contributed by atoms with Gasteiger partial charge in [-0.25, -0.2) is 4.98 Å². The Bertz CT molecular complexity index is 485. The summed E-state index contributed by atoms with van der Waals surface area (Å²) in [5.41, 5.74) is 0.643. The van der Waals surface area contributed by atoms with Crippen molar-refractivity contribution in [2.24, 2.45) is 13.0 Å². The molecule has 2 fully saturated rings. The average Bonchev–Trinajstić information content (AvgIpc) is 2.96. The number of hydrogen-bond acceptors (Lipinski definition) is 3. The Morgan fingerprint density at radius 2 is 1.95 bits per heavy atom. The number of aryl methyl sites for hydroxylation is 1. The van der Waals surface area contributed by atoms with Crippen LogP contribution >= 0.6 is 0 Å². The van der Waals surface area contributed by atoms with Crippen LogP contribution in [0.3, 0.4) is 0 Å². The fourth-order valence-corrected chi connectivity index (χ4v) is 3.83. The number of carbonyl (C=O) groups excluding carboxylic acids is 1. The molecule has 1 N–H and O–H groups in total. The van der Waals surface area contributed by atoms with Crippen molar-refractivity contribution in [3.05, 3.63) is 18.2 Å². The highest BCUT2D eigenvalue weighted by atomic mass is 16.2. The van der Waals surface area contributed by atoms with Crippen LogP contribution in [0.15, 0.2) is 12.5 Å². The van der Waals surface area contributed by atoms with Crippen LogP contribution in [0.25, 0.3) is 0 Å². The molecule has 0 unspecified atom stereocenters. The minimum atomic E-state index is 0.00531. The molecule has 1 aliphatic heterocycles. The number of likely N-dealkylation sites (tertiary alicyclic amines) is 1. The normalized spacial score (nSPS) is 21.9. The van der Waals surface area contributed by atoms with Crippen molar-refractivity contribution >= 4 is 5.91 Å². The number of carbonyl (C=O) groups is 1. The summed E-state index contributed by atoms with van der Waals surface area (Å²) in [6, 6.07) is 0.310. The van der Waals surface area contributed by atoms with E-state index in [1.807, 2.05) is 7.05 Å². The molecule has 1 aromatic rings. The van der Waals surface area contributed by atoms with Crippen LogP contribution in [0.5, 0.6) is 0 Å². The van der Waals surface area contributed by atoms with Crippen LogP contribution in [0, 0.1) is 5.92 Å². The van der Waals surface area contributed by atoms with Crippen molar-refractivity contribution in [2.75, 3.05) is 19.6 Å². The standard InChI is InChI=1S/C17H28N4O/c1-20-13-18-11-16(20)17(22)19-15-7-9-21(10-8-15)12-14-5-3-2-4-6-14/h11,13-15H,2-10,12H2,1H3,(H,19,22). The molecule has 3 rings (SSSR count). The molecule has 0 aromatic carbocycles. The monoisotopic (exact) mass is 304 g/mol. The Morgan fingerprint density at radius 3 is 2.59 bits per heavy atom. The van der Waals surface area contributed by atoms with Gasteiger partial charge in [-0.1, -0.05) is 19.3 Å². The third kappa shape index (κ3) is 3.88. The molecule has 22 heavy (non-hydrogen) atoms. The first kappa shape index (κ1) is 15.5. The Morgan fingerprint density at radius 1 is 1.23 bits per heavy atom. The predicted molar refractivity (Wildman–Crippen MR) is 86.7 cm³/mol. The maximum Gasteiger partial charge on any atom is 0.269 e. The fraction of sp³-hybridized carbons (Fsp3) is 0.765. The summed E-state index contributed by atoms with van der Waals surface area (Å²) in [5.74, 6) is 0.917. The average molecular weight is 304 g/mol. The smallest absolute Gasteiger partial charge is 0.269 e.